The molecular formula is C21H25N5O3. The molecule has 3 rings (SSSR count). The van der Waals surface area contributed by atoms with E-state index < -0.39 is 5.97 Å². The number of nitrogens with zero attached hydrogens (tertiary/aromatic N) is 5. The van der Waals surface area contributed by atoms with Crippen molar-refractivity contribution in [2.45, 2.75) is 39.4 Å². The minimum Gasteiger partial charge on any atom is -0.481 e. The number of carboxylic acids is 1. The van der Waals surface area contributed by atoms with Gasteiger partial charge in [0.15, 0.2) is 0 Å². The summed E-state index contributed by atoms with van der Waals surface area (Å²) in [5.74, 6) is -1.03. The van der Waals surface area contributed by atoms with Gasteiger partial charge in [0.2, 0.25) is 0 Å². The van der Waals surface area contributed by atoms with Gasteiger partial charge >= 0.3 is 5.97 Å². The molecule has 2 aromatic heterocycles. The molecule has 2 heterocycles. The highest BCUT2D eigenvalue weighted by atomic mass is 16.4. The number of carbonyl (C=O) groups excluding carboxylic acids is 1. The first kappa shape index (κ1) is 20.3. The maximum atomic E-state index is 13.2. The van der Waals surface area contributed by atoms with E-state index in [1.807, 2.05) is 48.0 Å². The highest BCUT2D eigenvalue weighted by Gasteiger charge is 2.19. The van der Waals surface area contributed by atoms with Crippen molar-refractivity contribution in [2.75, 3.05) is 6.54 Å². The summed E-state index contributed by atoms with van der Waals surface area (Å²) in [6, 6.07) is 12.0. The van der Waals surface area contributed by atoms with Gasteiger partial charge in [-0.2, -0.15) is 10.2 Å². The first-order chi connectivity index (χ1) is 14.1. The van der Waals surface area contributed by atoms with E-state index in [1.54, 1.807) is 17.3 Å². The number of carbonyl (C=O) groups is 2. The molecule has 8 heteroatoms. The zero-order valence-electron chi connectivity index (χ0n) is 16.4. The molecule has 0 unspecified atom stereocenters. The number of aryl methyl sites for hydroxylation is 2. The molecule has 0 aliphatic rings. The first-order valence-electron chi connectivity index (χ1n) is 9.65. The fraction of sp³-hybridized carbons (Fsp3) is 0.333. The van der Waals surface area contributed by atoms with Gasteiger partial charge in [-0.15, -0.1) is 0 Å². The highest BCUT2D eigenvalue weighted by molar-refractivity contribution is 5.93. The molecule has 1 amide bonds. The van der Waals surface area contributed by atoms with Crippen LogP contribution in [-0.2, 0) is 30.8 Å². The van der Waals surface area contributed by atoms with Gasteiger partial charge in [0.1, 0.15) is 0 Å². The molecule has 0 spiro atoms. The van der Waals surface area contributed by atoms with Crippen molar-refractivity contribution in [2.24, 2.45) is 0 Å². The Hall–Kier alpha value is -3.42. The number of rotatable bonds is 10. The minimum atomic E-state index is -0.898. The lowest BCUT2D eigenvalue weighted by Gasteiger charge is -2.22. The van der Waals surface area contributed by atoms with Gasteiger partial charge in [-0.1, -0.05) is 30.3 Å². The number of amides is 1. The number of hydrogen-bond donors (Lipinski definition) is 1. The first-order valence-corrected chi connectivity index (χ1v) is 9.65. The van der Waals surface area contributed by atoms with Crippen LogP contribution in [0.25, 0.3) is 0 Å². The molecule has 0 fully saturated rings. The monoisotopic (exact) mass is 395 g/mol. The summed E-state index contributed by atoms with van der Waals surface area (Å²) in [6.45, 7) is 3.97. The van der Waals surface area contributed by atoms with E-state index in [9.17, 15) is 9.59 Å². The van der Waals surface area contributed by atoms with E-state index in [4.69, 9.17) is 5.11 Å². The minimum absolute atomic E-state index is 0.0390. The summed E-state index contributed by atoms with van der Waals surface area (Å²) in [5, 5.41) is 17.2. The molecule has 0 atom stereocenters. The average molecular weight is 395 g/mol. The van der Waals surface area contributed by atoms with E-state index in [1.165, 1.54) is 10.9 Å². The van der Waals surface area contributed by atoms with Crippen molar-refractivity contribution in [3.05, 3.63) is 71.8 Å². The van der Waals surface area contributed by atoms with Gasteiger partial charge in [-0.3, -0.25) is 19.0 Å². The number of carboxylic acid groups (broad SMARTS) is 1. The quantitative estimate of drug-likeness (QED) is 0.569. The Bertz CT molecular complexity index is 948. The largest absolute Gasteiger partial charge is 0.481 e. The standard InChI is InChI=1S/C21H25N5O3/c1-2-26-19(8-11-22-26)16-24(12-9-17-6-4-3-5-7-17)21(29)18-14-23-25(15-18)13-10-20(27)28/h3-8,11,14-15H,2,9-10,12-13,16H2,1H3,(H,27,28). The van der Waals surface area contributed by atoms with Crippen LogP contribution in [0, 0.1) is 0 Å². The van der Waals surface area contributed by atoms with Gasteiger partial charge in [0, 0.05) is 25.5 Å². The lowest BCUT2D eigenvalue weighted by Crippen LogP contribution is -2.33. The third kappa shape index (κ3) is 5.54. The van der Waals surface area contributed by atoms with E-state index in [0.29, 0.717) is 18.7 Å². The second-order valence-corrected chi connectivity index (χ2v) is 6.74. The Balaban J connectivity index is 1.75. The van der Waals surface area contributed by atoms with E-state index >= 15 is 0 Å². The van der Waals surface area contributed by atoms with Crippen molar-refractivity contribution in [1.82, 2.24) is 24.5 Å². The second-order valence-electron chi connectivity index (χ2n) is 6.74. The molecule has 29 heavy (non-hydrogen) atoms. The van der Waals surface area contributed by atoms with Crippen LogP contribution in [0.3, 0.4) is 0 Å². The smallest absolute Gasteiger partial charge is 0.305 e. The topological polar surface area (TPSA) is 93.3 Å². The third-order valence-corrected chi connectivity index (χ3v) is 4.69. The van der Waals surface area contributed by atoms with Crippen LogP contribution in [0.15, 0.2) is 55.0 Å². The molecule has 1 aromatic carbocycles. The number of aliphatic carboxylic acids is 1. The molecule has 0 saturated carbocycles. The number of benzene rings is 1. The Morgan fingerprint density at radius 3 is 2.66 bits per heavy atom. The predicted molar refractivity (Wildman–Crippen MR) is 107 cm³/mol. The zero-order valence-corrected chi connectivity index (χ0v) is 16.4. The van der Waals surface area contributed by atoms with Crippen molar-refractivity contribution < 1.29 is 14.7 Å². The van der Waals surface area contributed by atoms with E-state index in [2.05, 4.69) is 10.2 Å². The summed E-state index contributed by atoms with van der Waals surface area (Å²) in [4.78, 5) is 25.7. The van der Waals surface area contributed by atoms with Gasteiger partial charge in [0.05, 0.1) is 37.0 Å². The lowest BCUT2D eigenvalue weighted by atomic mass is 10.1. The SMILES string of the molecule is CCn1nccc1CN(CCc1ccccc1)C(=O)c1cnn(CCC(=O)O)c1. The van der Waals surface area contributed by atoms with E-state index in [-0.39, 0.29) is 18.9 Å². The number of hydrogen-bond acceptors (Lipinski definition) is 4. The van der Waals surface area contributed by atoms with Crippen LogP contribution in [0.1, 0.15) is 35.0 Å². The molecule has 0 bridgehead atoms. The molecule has 3 aromatic rings. The van der Waals surface area contributed by atoms with Crippen LogP contribution >= 0.6 is 0 Å². The molecule has 0 saturated heterocycles. The second kappa shape index (κ2) is 9.68. The molecule has 0 aliphatic carbocycles. The Kier molecular flexibility index (Phi) is 6.78. The number of aromatic nitrogens is 4. The Labute approximate surface area is 169 Å². The maximum Gasteiger partial charge on any atom is 0.305 e. The Morgan fingerprint density at radius 2 is 1.93 bits per heavy atom. The third-order valence-electron chi connectivity index (χ3n) is 4.69. The van der Waals surface area contributed by atoms with Crippen molar-refractivity contribution in [3.63, 3.8) is 0 Å². The summed E-state index contributed by atoms with van der Waals surface area (Å²) in [6.07, 6.45) is 5.54. The van der Waals surface area contributed by atoms with Crippen LogP contribution in [-0.4, -0.2) is 48.0 Å². The summed E-state index contributed by atoms with van der Waals surface area (Å²) >= 11 is 0. The Morgan fingerprint density at radius 1 is 1.14 bits per heavy atom. The zero-order chi connectivity index (χ0) is 20.6. The molecule has 0 aliphatic heterocycles. The summed E-state index contributed by atoms with van der Waals surface area (Å²) < 4.78 is 3.37. The molecule has 152 valence electrons. The van der Waals surface area contributed by atoms with Crippen LogP contribution in [0.5, 0.6) is 0 Å². The van der Waals surface area contributed by atoms with Crippen LogP contribution in [0.4, 0.5) is 0 Å². The molecule has 1 N–H and O–H groups in total. The lowest BCUT2D eigenvalue weighted by molar-refractivity contribution is -0.137. The van der Waals surface area contributed by atoms with Gasteiger partial charge < -0.3 is 10.0 Å². The van der Waals surface area contributed by atoms with Crippen molar-refractivity contribution >= 4 is 11.9 Å². The van der Waals surface area contributed by atoms with Crippen LogP contribution < -0.4 is 0 Å². The summed E-state index contributed by atoms with van der Waals surface area (Å²) in [7, 11) is 0. The maximum absolute atomic E-state index is 13.2. The fourth-order valence-corrected chi connectivity index (χ4v) is 3.12. The van der Waals surface area contributed by atoms with E-state index in [0.717, 1.165) is 24.2 Å². The van der Waals surface area contributed by atoms with Crippen molar-refractivity contribution in [1.29, 1.82) is 0 Å². The predicted octanol–water partition coefficient (Wildman–Crippen LogP) is 2.46. The van der Waals surface area contributed by atoms with Gasteiger partial charge in [-0.05, 0) is 25.0 Å². The van der Waals surface area contributed by atoms with Gasteiger partial charge in [-0.25, -0.2) is 0 Å². The average Bonchev–Trinajstić information content (AvgIpc) is 3.39. The van der Waals surface area contributed by atoms with Gasteiger partial charge in [0.25, 0.3) is 5.91 Å². The summed E-state index contributed by atoms with van der Waals surface area (Å²) in [5.41, 5.74) is 2.57. The molecular weight excluding hydrogens is 370 g/mol. The highest BCUT2D eigenvalue weighted by Crippen LogP contribution is 2.12. The normalized spacial score (nSPS) is 10.8. The van der Waals surface area contributed by atoms with Crippen LogP contribution in [0.2, 0.25) is 0 Å². The van der Waals surface area contributed by atoms with Crippen molar-refractivity contribution in [3.8, 4) is 0 Å². The molecule has 8 nitrogen and oxygen atoms in total. The molecule has 0 radical (unpaired) electrons. The fourth-order valence-electron chi connectivity index (χ4n) is 3.12.